The lowest BCUT2D eigenvalue weighted by molar-refractivity contribution is 0.922. The predicted octanol–water partition coefficient (Wildman–Crippen LogP) is 22.4. The summed E-state index contributed by atoms with van der Waals surface area (Å²) in [5.74, 6) is 0. The van der Waals surface area contributed by atoms with Gasteiger partial charge in [-0.2, -0.15) is 0 Å². The summed E-state index contributed by atoms with van der Waals surface area (Å²) in [6.07, 6.45) is 8.33. The van der Waals surface area contributed by atoms with Crippen molar-refractivity contribution in [3.05, 3.63) is 367 Å². The van der Waals surface area contributed by atoms with Gasteiger partial charge in [0.25, 0.3) is 0 Å². The largest absolute Gasteiger partial charge is 0.0508 e. The minimum absolute atomic E-state index is 1.04. The van der Waals surface area contributed by atoms with Crippen LogP contribution in [0, 0.1) is 139 Å². The second kappa shape index (κ2) is 19.6. The van der Waals surface area contributed by atoms with Crippen molar-refractivity contribution in [1.82, 2.24) is 0 Å². The average Bonchev–Trinajstić information content (AvgIpc) is 0.756. The van der Waals surface area contributed by atoms with Gasteiger partial charge in [-0.15, -0.1) is 0 Å². The molecule has 0 saturated heterocycles. The van der Waals surface area contributed by atoms with Crippen molar-refractivity contribution in [1.29, 1.82) is 0 Å². The van der Waals surface area contributed by atoms with Gasteiger partial charge < -0.3 is 0 Å². The first-order valence-corrected chi connectivity index (χ1v) is 35.3. The van der Waals surface area contributed by atoms with E-state index >= 15 is 0 Å². The highest BCUT2D eigenvalue weighted by Gasteiger charge is 2.19. The van der Waals surface area contributed by atoms with Gasteiger partial charge in [-0.1, -0.05) is 97.1 Å². The van der Waals surface area contributed by atoms with Crippen molar-refractivity contribution in [2.24, 2.45) is 0 Å². The first-order valence-electron chi connectivity index (χ1n) is 35.3. The van der Waals surface area contributed by atoms with Crippen molar-refractivity contribution in [3.8, 4) is 0 Å². The van der Waals surface area contributed by atoms with Crippen LogP contribution in [0.15, 0.2) is 194 Å². The monoisotopic (exact) mass is 1220 g/mol. The molecule has 456 valence electrons. The third-order valence-corrected chi connectivity index (χ3v) is 24.2. The summed E-state index contributed by atoms with van der Waals surface area (Å²) in [6.45, 7) is 18.6. The van der Waals surface area contributed by atoms with E-state index in [0.29, 0.717) is 0 Å². The fourth-order valence-corrected chi connectivity index (χ4v) is 19.2. The van der Waals surface area contributed by atoms with Gasteiger partial charge in [0.2, 0.25) is 0 Å². The van der Waals surface area contributed by atoms with E-state index in [2.05, 4.69) is 250 Å². The minimum atomic E-state index is 1.04. The van der Waals surface area contributed by atoms with Gasteiger partial charge in [0.05, 0.1) is 0 Å². The second-order valence-electron chi connectivity index (χ2n) is 30.2. The molecule has 0 saturated carbocycles. The van der Waals surface area contributed by atoms with E-state index in [1.165, 1.54) is 259 Å². The zero-order valence-corrected chi connectivity index (χ0v) is 56.1. The average molecular weight is 1230 g/mol. The van der Waals surface area contributed by atoms with Gasteiger partial charge in [-0.25, -0.2) is 0 Å². The van der Waals surface area contributed by atoms with E-state index in [1.807, 2.05) is 0 Å². The Morgan fingerprint density at radius 3 is 0.365 bits per heavy atom. The van der Waals surface area contributed by atoms with Crippen LogP contribution in [-0.4, -0.2) is 0 Å². The van der Waals surface area contributed by atoms with E-state index in [1.54, 1.807) is 0 Å². The SMILES string of the molecule is Cc1cc2cc3cc4c(cc13)=c1cc3c(C)cc(cc3cc1CC4)=c1cc(C)c3cc4c(cc3c1)CCc1cc3cc(cc(C)c3cc1=4)=c1cc(C)c3cc4c(cc3c1)CCc1cc3cc(cc(C)c3cc1=4)=c1cc(C)c3cc4c(cc3c1)CCc1cc3cc=2cc(C)c3cc1=4. The summed E-state index contributed by atoms with van der Waals surface area (Å²) >= 11 is 0. The molecule has 0 nitrogen and oxygen atoms in total. The summed E-state index contributed by atoms with van der Waals surface area (Å²) in [5, 5.41) is 43.1. The summed E-state index contributed by atoms with van der Waals surface area (Å²) in [4.78, 5) is 0. The molecule has 0 spiro atoms. The fraction of sp³-hybridized carbons (Fsp3) is 0.167. The molecule has 38 aliphatic rings. The Bertz CT molecular complexity index is 6070. The molecule has 54 rings (SSSR count). The van der Waals surface area contributed by atoms with Gasteiger partial charge in [-0.05, 0) is 463 Å². The van der Waals surface area contributed by atoms with Crippen LogP contribution in [0.2, 0.25) is 0 Å². The minimum Gasteiger partial charge on any atom is -0.0508 e. The molecule has 0 atom stereocenters. The molecule has 0 aliphatic heterocycles. The van der Waals surface area contributed by atoms with E-state index < -0.39 is 0 Å². The number of aryl methyl sites for hydroxylation is 16. The molecule has 0 heterocycles. The van der Waals surface area contributed by atoms with Crippen LogP contribution in [0.3, 0.4) is 0 Å². The molecule has 16 aromatic rings. The van der Waals surface area contributed by atoms with Crippen molar-refractivity contribution in [2.45, 2.75) is 107 Å². The lowest BCUT2D eigenvalue weighted by Gasteiger charge is -2.17. The normalized spacial score (nSPS) is 13.9. The lowest BCUT2D eigenvalue weighted by atomic mass is 9.87. The Labute approximate surface area is 556 Å². The summed E-state index contributed by atoms with van der Waals surface area (Å²) in [6, 6.07) is 79.7. The number of hydrogen-bond donors (Lipinski definition) is 0. The summed E-state index contributed by atoms with van der Waals surface area (Å²) in [7, 11) is 0. The maximum atomic E-state index is 2.53. The molecule has 96 heavy (non-hydrogen) atoms. The van der Waals surface area contributed by atoms with Crippen LogP contribution in [0.5, 0.6) is 0 Å². The highest BCUT2D eigenvalue weighted by molar-refractivity contribution is 5.94. The molecule has 0 fully saturated rings. The molecular formula is C96H72. The molecule has 0 unspecified atom stereocenters. The Morgan fingerprint density at radius 2 is 0.250 bits per heavy atom. The van der Waals surface area contributed by atoms with Crippen LogP contribution >= 0.6 is 0 Å². The third kappa shape index (κ3) is 8.09. The van der Waals surface area contributed by atoms with Gasteiger partial charge in [0.1, 0.15) is 0 Å². The molecular weight excluding hydrogens is 1150 g/mol. The lowest BCUT2D eigenvalue weighted by Crippen LogP contribution is -2.03. The predicted molar refractivity (Wildman–Crippen MR) is 400 cm³/mol. The number of benzene rings is 16. The second-order valence-corrected chi connectivity index (χ2v) is 30.2. The Hall–Kier alpha value is -10.4. The quantitative estimate of drug-likeness (QED) is 0.142. The summed E-state index contributed by atoms with van der Waals surface area (Å²) in [5.41, 5.74) is 22.3. The van der Waals surface area contributed by atoms with Crippen LogP contribution in [0.1, 0.15) is 89.0 Å². The first kappa shape index (κ1) is 54.9. The Kier molecular flexibility index (Phi) is 11.2. The molecule has 16 aromatic carbocycles. The maximum absolute atomic E-state index is 2.53. The van der Waals surface area contributed by atoms with E-state index in [-0.39, 0.29) is 0 Å². The fourth-order valence-electron chi connectivity index (χ4n) is 19.2. The van der Waals surface area contributed by atoms with E-state index in [0.717, 1.165) is 51.4 Å². The van der Waals surface area contributed by atoms with Gasteiger partial charge >= 0.3 is 0 Å². The highest BCUT2D eigenvalue weighted by atomic mass is 14.2. The standard InChI is InChI=1S/C96H72/c1-49-17-65-33-73-25-57-9-10-58-26-75-35-67(19-51(3)82(75)42-90(58)89(57)41-81(49)73)68-20-52(4)85-45-93-61(29-77(85)36-68)13-14-62-30-79-39-71(23-55(7)86(79)46-94(62)93)72-24-56(8)88-48-96-64(32-80(88)40-72)16-15-63-31-78-38-70(22-54(6)87(78)47-95(63)96)69-21-53(5)84-44-92-60(28-76(84)37-69)12-11-59-27-74-34-66(65)18-50(2)83(74)43-91(59)92/h17-48H,9-16H2,1-8H3. The van der Waals surface area contributed by atoms with Crippen LogP contribution in [-0.2, 0) is 51.4 Å². The van der Waals surface area contributed by atoms with Crippen molar-refractivity contribution >= 4 is 86.2 Å². The number of rotatable bonds is 0. The van der Waals surface area contributed by atoms with Crippen molar-refractivity contribution in [3.63, 3.8) is 0 Å². The maximum Gasteiger partial charge on any atom is -0.0142 e. The highest BCUT2D eigenvalue weighted by Crippen LogP contribution is 2.37. The molecule has 0 amide bonds. The van der Waals surface area contributed by atoms with Crippen LogP contribution < -0.4 is 0 Å². The molecule has 0 aromatic heterocycles. The zero-order chi connectivity index (χ0) is 64.0. The third-order valence-electron chi connectivity index (χ3n) is 24.2. The van der Waals surface area contributed by atoms with Crippen LogP contribution in [0.4, 0.5) is 0 Å². The van der Waals surface area contributed by atoms with Crippen LogP contribution in [0.25, 0.3) is 86.2 Å². The zero-order valence-electron chi connectivity index (χ0n) is 56.1. The van der Waals surface area contributed by atoms with Crippen molar-refractivity contribution < 1.29 is 0 Å². The summed E-state index contributed by atoms with van der Waals surface area (Å²) < 4.78 is 0. The smallest absolute Gasteiger partial charge is 0.0142 e. The van der Waals surface area contributed by atoms with E-state index in [9.17, 15) is 0 Å². The van der Waals surface area contributed by atoms with Gasteiger partial charge in [-0.3, -0.25) is 0 Å². The molecule has 0 N–H and O–H groups in total. The molecule has 0 heteroatoms. The number of hydrogen-bond acceptors (Lipinski definition) is 0. The first-order chi connectivity index (χ1) is 46.7. The Balaban J connectivity index is 0.804. The van der Waals surface area contributed by atoms with Gasteiger partial charge in [0.15, 0.2) is 0 Å². The molecule has 40 bridgehead atoms. The van der Waals surface area contributed by atoms with Crippen molar-refractivity contribution in [2.75, 3.05) is 0 Å². The Morgan fingerprint density at radius 1 is 0.135 bits per heavy atom. The topological polar surface area (TPSA) is 0 Å². The molecule has 0 radical (unpaired) electrons. The molecule has 38 aliphatic carbocycles. The van der Waals surface area contributed by atoms with Gasteiger partial charge in [0, 0.05) is 0 Å². The van der Waals surface area contributed by atoms with E-state index in [4.69, 9.17) is 0 Å².